The molecule has 0 N–H and O–H groups in total. The molecule has 1 aromatic rings. The van der Waals surface area contributed by atoms with Crippen molar-refractivity contribution in [1.29, 1.82) is 0 Å². The molecule has 3 aliphatic rings. The van der Waals surface area contributed by atoms with E-state index >= 15 is 0 Å². The van der Waals surface area contributed by atoms with Crippen LogP contribution in [0.2, 0.25) is 0 Å². The Kier molecular flexibility index (Phi) is 2.93. The Hall–Kier alpha value is -0.900. The Morgan fingerprint density at radius 3 is 2.39 bits per heavy atom. The Labute approximate surface area is 108 Å². The van der Waals surface area contributed by atoms with Crippen LogP contribution >= 0.6 is 0 Å². The number of hydrogen-bond acceptors (Lipinski definition) is 3. The van der Waals surface area contributed by atoms with E-state index in [9.17, 15) is 0 Å². The van der Waals surface area contributed by atoms with Gasteiger partial charge in [-0.1, -0.05) is 36.8 Å². The second kappa shape index (κ2) is 4.34. The SMILES string of the molecule is Cc1cccc(CCC23OCC(C)(CO2)CO3)c1. The van der Waals surface area contributed by atoms with E-state index in [4.69, 9.17) is 14.2 Å². The number of rotatable bonds is 3. The van der Waals surface area contributed by atoms with Gasteiger partial charge in [0.2, 0.25) is 0 Å². The lowest BCUT2D eigenvalue weighted by atomic mass is 9.91. The number of benzene rings is 1. The minimum Gasteiger partial charge on any atom is -0.327 e. The van der Waals surface area contributed by atoms with Crippen LogP contribution < -0.4 is 0 Å². The quantitative estimate of drug-likeness (QED) is 0.823. The number of fused-ring (bicyclic) bond motifs is 3. The molecule has 3 heteroatoms. The van der Waals surface area contributed by atoms with E-state index in [-0.39, 0.29) is 5.41 Å². The molecule has 0 amide bonds. The van der Waals surface area contributed by atoms with Gasteiger partial charge in [0, 0.05) is 11.8 Å². The lowest BCUT2D eigenvalue weighted by Gasteiger charge is -2.50. The van der Waals surface area contributed by atoms with E-state index < -0.39 is 5.97 Å². The lowest BCUT2D eigenvalue weighted by molar-refractivity contribution is -0.467. The molecule has 18 heavy (non-hydrogen) atoms. The summed E-state index contributed by atoms with van der Waals surface area (Å²) in [5.41, 5.74) is 2.64. The molecule has 0 aromatic heterocycles. The second-order valence-corrected chi connectivity index (χ2v) is 5.85. The first kappa shape index (κ1) is 12.2. The van der Waals surface area contributed by atoms with Crippen molar-refractivity contribution in [2.24, 2.45) is 5.41 Å². The summed E-state index contributed by atoms with van der Waals surface area (Å²) in [6, 6.07) is 8.54. The van der Waals surface area contributed by atoms with Gasteiger partial charge in [-0.25, -0.2) is 0 Å². The van der Waals surface area contributed by atoms with Crippen molar-refractivity contribution in [3.8, 4) is 0 Å². The number of aryl methyl sites for hydroxylation is 2. The van der Waals surface area contributed by atoms with Crippen LogP contribution in [0.1, 0.15) is 24.5 Å². The first-order valence-electron chi connectivity index (χ1n) is 6.57. The Morgan fingerprint density at radius 2 is 1.78 bits per heavy atom. The smallest absolute Gasteiger partial charge is 0.283 e. The molecule has 1 aromatic carbocycles. The zero-order chi connectivity index (χ0) is 12.6. The molecular formula is C15H20O3. The number of ether oxygens (including phenoxy) is 3. The Morgan fingerprint density at radius 1 is 1.11 bits per heavy atom. The topological polar surface area (TPSA) is 27.7 Å². The van der Waals surface area contributed by atoms with E-state index in [2.05, 4.69) is 38.1 Å². The molecule has 0 atom stereocenters. The van der Waals surface area contributed by atoms with Gasteiger partial charge in [-0.2, -0.15) is 0 Å². The molecule has 0 spiro atoms. The van der Waals surface area contributed by atoms with Gasteiger partial charge in [0.1, 0.15) is 0 Å². The standard InChI is InChI=1S/C15H20O3/c1-12-4-3-5-13(8-12)6-7-15-16-9-14(2,10-17-15)11-18-15/h3-5,8H,6-7,9-11H2,1-2H3. The molecule has 0 radical (unpaired) electrons. The summed E-state index contributed by atoms with van der Waals surface area (Å²) in [5.74, 6) is -0.790. The third-order valence-corrected chi connectivity index (χ3v) is 3.72. The largest absolute Gasteiger partial charge is 0.327 e. The van der Waals surface area contributed by atoms with Gasteiger partial charge in [0.15, 0.2) is 0 Å². The zero-order valence-electron chi connectivity index (χ0n) is 11.1. The Balaban J connectivity index is 1.64. The maximum Gasteiger partial charge on any atom is 0.283 e. The van der Waals surface area contributed by atoms with Crippen molar-refractivity contribution in [2.75, 3.05) is 19.8 Å². The van der Waals surface area contributed by atoms with E-state index in [1.165, 1.54) is 11.1 Å². The summed E-state index contributed by atoms with van der Waals surface area (Å²) in [6.45, 7) is 6.46. The highest BCUT2D eigenvalue weighted by molar-refractivity contribution is 5.22. The molecule has 3 fully saturated rings. The fourth-order valence-corrected chi connectivity index (χ4v) is 2.48. The highest BCUT2D eigenvalue weighted by atomic mass is 16.9. The molecule has 3 heterocycles. The second-order valence-electron chi connectivity index (χ2n) is 5.85. The molecule has 3 saturated heterocycles. The highest BCUT2D eigenvalue weighted by Crippen LogP contribution is 2.40. The van der Waals surface area contributed by atoms with Crippen molar-refractivity contribution >= 4 is 0 Å². The predicted molar refractivity (Wildman–Crippen MR) is 68.2 cm³/mol. The maximum absolute atomic E-state index is 5.78. The third-order valence-electron chi connectivity index (χ3n) is 3.72. The van der Waals surface area contributed by atoms with Gasteiger partial charge in [-0.05, 0) is 18.9 Å². The van der Waals surface area contributed by atoms with Crippen molar-refractivity contribution in [3.05, 3.63) is 35.4 Å². The lowest BCUT2D eigenvalue weighted by Crippen LogP contribution is -2.59. The van der Waals surface area contributed by atoms with Gasteiger partial charge in [0.25, 0.3) is 5.97 Å². The minimum atomic E-state index is -0.790. The molecule has 3 aliphatic heterocycles. The van der Waals surface area contributed by atoms with Gasteiger partial charge < -0.3 is 14.2 Å². The first-order valence-corrected chi connectivity index (χ1v) is 6.57. The van der Waals surface area contributed by atoms with Crippen LogP contribution in [0, 0.1) is 12.3 Å². The van der Waals surface area contributed by atoms with E-state index in [0.717, 1.165) is 32.7 Å². The third kappa shape index (κ3) is 2.30. The molecular weight excluding hydrogens is 228 g/mol. The van der Waals surface area contributed by atoms with Crippen molar-refractivity contribution < 1.29 is 14.2 Å². The van der Waals surface area contributed by atoms with E-state index in [1.807, 2.05) is 0 Å². The average molecular weight is 248 g/mol. The van der Waals surface area contributed by atoms with Crippen molar-refractivity contribution in [3.63, 3.8) is 0 Å². The normalized spacial score (nSPS) is 34.8. The number of hydrogen-bond donors (Lipinski definition) is 0. The predicted octanol–water partition coefficient (Wildman–Crippen LogP) is 2.66. The molecule has 0 aliphatic carbocycles. The molecule has 0 saturated carbocycles. The molecule has 0 unspecified atom stereocenters. The van der Waals surface area contributed by atoms with Crippen LogP contribution in [-0.2, 0) is 20.6 Å². The highest BCUT2D eigenvalue weighted by Gasteiger charge is 2.49. The van der Waals surface area contributed by atoms with Gasteiger partial charge >= 0.3 is 0 Å². The van der Waals surface area contributed by atoms with Crippen LogP contribution in [0.4, 0.5) is 0 Å². The Bertz CT molecular complexity index is 417. The van der Waals surface area contributed by atoms with Crippen LogP contribution in [0.15, 0.2) is 24.3 Å². The molecule has 98 valence electrons. The first-order chi connectivity index (χ1) is 8.59. The van der Waals surface area contributed by atoms with Crippen LogP contribution in [0.25, 0.3) is 0 Å². The summed E-state index contributed by atoms with van der Waals surface area (Å²) < 4.78 is 17.3. The van der Waals surface area contributed by atoms with Crippen molar-refractivity contribution in [2.45, 2.75) is 32.7 Å². The summed E-state index contributed by atoms with van der Waals surface area (Å²) in [7, 11) is 0. The van der Waals surface area contributed by atoms with Crippen LogP contribution in [-0.4, -0.2) is 25.8 Å². The monoisotopic (exact) mass is 248 g/mol. The van der Waals surface area contributed by atoms with E-state index in [0.29, 0.717) is 0 Å². The van der Waals surface area contributed by atoms with Gasteiger partial charge in [-0.15, -0.1) is 0 Å². The molecule has 4 rings (SSSR count). The maximum atomic E-state index is 5.78. The van der Waals surface area contributed by atoms with Gasteiger partial charge in [0.05, 0.1) is 19.8 Å². The van der Waals surface area contributed by atoms with Gasteiger partial charge in [-0.3, -0.25) is 0 Å². The summed E-state index contributed by atoms with van der Waals surface area (Å²) in [5, 5.41) is 0. The van der Waals surface area contributed by atoms with Crippen molar-refractivity contribution in [1.82, 2.24) is 0 Å². The molecule has 3 nitrogen and oxygen atoms in total. The fourth-order valence-electron chi connectivity index (χ4n) is 2.48. The summed E-state index contributed by atoms with van der Waals surface area (Å²) >= 11 is 0. The average Bonchev–Trinajstić information content (AvgIpc) is 2.39. The zero-order valence-corrected chi connectivity index (χ0v) is 11.1. The van der Waals surface area contributed by atoms with E-state index in [1.54, 1.807) is 0 Å². The summed E-state index contributed by atoms with van der Waals surface area (Å²) in [4.78, 5) is 0. The fraction of sp³-hybridized carbons (Fsp3) is 0.600. The summed E-state index contributed by atoms with van der Waals surface area (Å²) in [6.07, 6.45) is 1.67. The minimum absolute atomic E-state index is 0.0467. The molecule has 2 bridgehead atoms. The van der Waals surface area contributed by atoms with Crippen LogP contribution in [0.5, 0.6) is 0 Å². The van der Waals surface area contributed by atoms with Crippen LogP contribution in [0.3, 0.4) is 0 Å².